The maximum atomic E-state index is 9.79. The number of hydrogen-bond acceptors (Lipinski definition) is 2. The van der Waals surface area contributed by atoms with Crippen molar-refractivity contribution in [2.45, 2.75) is 52.0 Å². The van der Waals surface area contributed by atoms with Gasteiger partial charge < -0.3 is 10.8 Å². The quantitative estimate of drug-likeness (QED) is 0.872. The van der Waals surface area contributed by atoms with Gasteiger partial charge in [-0.2, -0.15) is 0 Å². The Labute approximate surface area is 111 Å². The van der Waals surface area contributed by atoms with Gasteiger partial charge in [0.15, 0.2) is 0 Å². The molecule has 3 N–H and O–H groups in total. The van der Waals surface area contributed by atoms with Crippen LogP contribution in [0.2, 0.25) is 0 Å². The molecule has 0 fully saturated rings. The number of nitrogens with two attached hydrogens (primary N) is 1. The monoisotopic (exact) mass is 257 g/mol. The molecule has 1 unspecified atom stereocenters. The van der Waals surface area contributed by atoms with Crippen LogP contribution in [-0.2, 0) is 11.8 Å². The van der Waals surface area contributed by atoms with Crippen molar-refractivity contribution in [1.82, 2.24) is 0 Å². The summed E-state index contributed by atoms with van der Waals surface area (Å²) in [6, 6.07) is 5.96. The molecule has 0 saturated carbocycles. The third-order valence-electron chi connectivity index (χ3n) is 2.95. The fourth-order valence-electron chi connectivity index (χ4n) is 1.64. The van der Waals surface area contributed by atoms with Gasteiger partial charge in [0.25, 0.3) is 0 Å². The number of hydrogen-bond donors (Lipinski definition) is 2. The summed E-state index contributed by atoms with van der Waals surface area (Å²) in [5.41, 5.74) is 8.23. The van der Waals surface area contributed by atoms with Crippen molar-refractivity contribution in [3.8, 4) is 5.75 Å². The lowest BCUT2D eigenvalue weighted by Gasteiger charge is -2.21. The molecule has 1 aromatic carbocycles. The fraction of sp³-hybridized carbons (Fsp3) is 0.571. The molecule has 0 aliphatic heterocycles. The Hall–Kier alpha value is -0.730. The smallest absolute Gasteiger partial charge is 0.118 e. The van der Waals surface area contributed by atoms with Crippen LogP contribution in [0.25, 0.3) is 0 Å². The molecule has 0 aromatic heterocycles. The van der Waals surface area contributed by atoms with Crippen LogP contribution in [0.4, 0.5) is 0 Å². The maximum absolute atomic E-state index is 9.79. The van der Waals surface area contributed by atoms with E-state index in [0.717, 1.165) is 18.4 Å². The second-order valence-electron chi connectivity index (χ2n) is 5.47. The minimum absolute atomic E-state index is 0. The topological polar surface area (TPSA) is 46.2 Å². The molecule has 0 aliphatic rings. The summed E-state index contributed by atoms with van der Waals surface area (Å²) in [5.74, 6) is 0.358. The van der Waals surface area contributed by atoms with E-state index in [4.69, 9.17) is 5.73 Å². The van der Waals surface area contributed by atoms with E-state index in [9.17, 15) is 5.11 Å². The molecular weight excluding hydrogens is 234 g/mol. The van der Waals surface area contributed by atoms with Gasteiger partial charge in [-0.05, 0) is 35.4 Å². The molecule has 0 bridgehead atoms. The van der Waals surface area contributed by atoms with E-state index in [2.05, 4.69) is 33.8 Å². The summed E-state index contributed by atoms with van der Waals surface area (Å²) in [6.07, 6.45) is 1.67. The van der Waals surface area contributed by atoms with E-state index in [0.29, 0.717) is 5.75 Å². The number of benzene rings is 1. The Morgan fingerprint density at radius 2 is 1.88 bits per heavy atom. The Morgan fingerprint density at radius 3 is 2.35 bits per heavy atom. The summed E-state index contributed by atoms with van der Waals surface area (Å²) < 4.78 is 0. The van der Waals surface area contributed by atoms with Crippen LogP contribution in [-0.4, -0.2) is 11.1 Å². The number of phenolic OH excluding ortho intramolecular Hbond substituents is 1. The molecule has 1 rings (SSSR count). The van der Waals surface area contributed by atoms with Crippen LogP contribution >= 0.6 is 12.4 Å². The number of aromatic hydroxyl groups is 1. The lowest BCUT2D eigenvalue weighted by molar-refractivity contribution is 0.462. The zero-order valence-electron chi connectivity index (χ0n) is 11.2. The predicted octanol–water partition coefficient (Wildman–Crippen LogP) is 3.39. The van der Waals surface area contributed by atoms with Crippen molar-refractivity contribution >= 4 is 12.4 Å². The van der Waals surface area contributed by atoms with Crippen molar-refractivity contribution < 1.29 is 5.11 Å². The highest BCUT2D eigenvalue weighted by Gasteiger charge is 2.16. The van der Waals surface area contributed by atoms with Crippen LogP contribution in [0.5, 0.6) is 5.75 Å². The Bertz CT molecular complexity index is 358. The van der Waals surface area contributed by atoms with Gasteiger partial charge in [-0.25, -0.2) is 0 Å². The number of rotatable bonds is 3. The number of phenols is 1. The minimum atomic E-state index is 0. The zero-order chi connectivity index (χ0) is 12.3. The van der Waals surface area contributed by atoms with E-state index in [1.165, 1.54) is 5.56 Å². The molecule has 0 spiro atoms. The summed E-state index contributed by atoms with van der Waals surface area (Å²) in [6.45, 7) is 8.57. The van der Waals surface area contributed by atoms with Crippen LogP contribution in [0.3, 0.4) is 0 Å². The highest BCUT2D eigenvalue weighted by atomic mass is 35.5. The summed E-state index contributed by atoms with van der Waals surface area (Å²) in [7, 11) is 0. The first-order chi connectivity index (χ1) is 7.34. The summed E-state index contributed by atoms with van der Waals surface area (Å²) >= 11 is 0. The Kier molecular flexibility index (Phi) is 6.00. The molecule has 1 atom stereocenters. The van der Waals surface area contributed by atoms with Gasteiger partial charge in [-0.15, -0.1) is 12.4 Å². The summed E-state index contributed by atoms with van der Waals surface area (Å²) in [4.78, 5) is 0. The lowest BCUT2D eigenvalue weighted by atomic mass is 9.85. The van der Waals surface area contributed by atoms with Crippen molar-refractivity contribution in [2.75, 3.05) is 0 Å². The first-order valence-electron chi connectivity index (χ1n) is 5.92. The van der Waals surface area contributed by atoms with Crippen LogP contribution in [0.1, 0.15) is 45.2 Å². The van der Waals surface area contributed by atoms with Crippen LogP contribution in [0.15, 0.2) is 18.2 Å². The third kappa shape index (κ3) is 4.57. The third-order valence-corrected chi connectivity index (χ3v) is 2.95. The van der Waals surface area contributed by atoms with Crippen molar-refractivity contribution in [3.05, 3.63) is 29.3 Å². The molecule has 0 amide bonds. The standard InChI is InChI=1S/C14H23NO.ClH/c1-5-12(15)9-10-8-11(14(2,3)4)6-7-13(10)16;/h6-8,12,16H,5,9,15H2,1-4H3;1H. The highest BCUT2D eigenvalue weighted by molar-refractivity contribution is 5.85. The molecule has 0 heterocycles. The SMILES string of the molecule is CCC(N)Cc1cc(C(C)(C)C)ccc1O.Cl. The van der Waals surface area contributed by atoms with Gasteiger partial charge in [0.1, 0.15) is 5.75 Å². The highest BCUT2D eigenvalue weighted by Crippen LogP contribution is 2.28. The predicted molar refractivity (Wildman–Crippen MR) is 76.0 cm³/mol. The van der Waals surface area contributed by atoms with E-state index >= 15 is 0 Å². The molecule has 0 aliphatic carbocycles. The normalized spacial score (nSPS) is 13.0. The zero-order valence-corrected chi connectivity index (χ0v) is 12.0. The van der Waals surface area contributed by atoms with Gasteiger partial charge in [0.05, 0.1) is 0 Å². The molecule has 98 valence electrons. The lowest BCUT2D eigenvalue weighted by Crippen LogP contribution is -2.22. The van der Waals surface area contributed by atoms with Gasteiger partial charge in [-0.1, -0.05) is 39.8 Å². The van der Waals surface area contributed by atoms with E-state index in [1.807, 2.05) is 6.07 Å². The van der Waals surface area contributed by atoms with Crippen molar-refractivity contribution in [3.63, 3.8) is 0 Å². The van der Waals surface area contributed by atoms with E-state index in [-0.39, 0.29) is 23.9 Å². The van der Waals surface area contributed by atoms with Crippen LogP contribution in [0, 0.1) is 0 Å². The van der Waals surface area contributed by atoms with Crippen molar-refractivity contribution in [1.29, 1.82) is 0 Å². The molecule has 3 heteroatoms. The fourth-order valence-corrected chi connectivity index (χ4v) is 1.64. The average molecular weight is 258 g/mol. The second-order valence-corrected chi connectivity index (χ2v) is 5.47. The van der Waals surface area contributed by atoms with Gasteiger partial charge >= 0.3 is 0 Å². The van der Waals surface area contributed by atoms with Gasteiger partial charge in [-0.3, -0.25) is 0 Å². The van der Waals surface area contributed by atoms with Gasteiger partial charge in [0, 0.05) is 6.04 Å². The maximum Gasteiger partial charge on any atom is 0.118 e. The first-order valence-corrected chi connectivity index (χ1v) is 5.92. The molecular formula is C14H24ClNO. The molecule has 0 radical (unpaired) electrons. The van der Waals surface area contributed by atoms with Crippen LogP contribution < -0.4 is 5.73 Å². The minimum Gasteiger partial charge on any atom is -0.508 e. The molecule has 1 aromatic rings. The molecule has 17 heavy (non-hydrogen) atoms. The first kappa shape index (κ1) is 16.3. The Balaban J connectivity index is 0.00000256. The van der Waals surface area contributed by atoms with E-state index < -0.39 is 0 Å². The van der Waals surface area contributed by atoms with Gasteiger partial charge in [0.2, 0.25) is 0 Å². The van der Waals surface area contributed by atoms with E-state index in [1.54, 1.807) is 6.07 Å². The largest absolute Gasteiger partial charge is 0.508 e. The summed E-state index contributed by atoms with van der Waals surface area (Å²) in [5, 5.41) is 9.79. The van der Waals surface area contributed by atoms with Crippen molar-refractivity contribution in [2.24, 2.45) is 5.73 Å². The number of halogens is 1. The second kappa shape index (κ2) is 6.27. The molecule has 2 nitrogen and oxygen atoms in total. The average Bonchev–Trinajstić information content (AvgIpc) is 2.19. The molecule has 0 saturated heterocycles. The Morgan fingerprint density at radius 1 is 1.29 bits per heavy atom.